The van der Waals surface area contributed by atoms with Crippen LogP contribution in [0.5, 0.6) is 0 Å². The molecule has 0 N–H and O–H groups in total. The molecular weight excluding hydrogens is 348 g/mol. The maximum atomic E-state index is 12.8. The molecule has 4 heteroatoms. The Morgan fingerprint density at radius 1 is 0.714 bits per heavy atom. The number of para-hydroxylation sites is 1. The number of nitrogens with zero attached hydrogens (tertiary/aromatic N) is 2. The molecule has 0 aliphatic rings. The minimum atomic E-state index is -0.109. The molecule has 3 rings (SSSR count). The molecule has 3 aromatic carbocycles. The molecular formula is C24H24N2O2. The van der Waals surface area contributed by atoms with Gasteiger partial charge in [0.15, 0.2) is 0 Å². The average Bonchev–Trinajstić information content (AvgIpc) is 2.77. The summed E-state index contributed by atoms with van der Waals surface area (Å²) in [6.45, 7) is 3.15. The van der Waals surface area contributed by atoms with Crippen molar-refractivity contribution in [3.05, 3.63) is 102 Å². The van der Waals surface area contributed by atoms with Crippen LogP contribution in [0.4, 0.5) is 5.69 Å². The Kier molecular flexibility index (Phi) is 6.22. The summed E-state index contributed by atoms with van der Waals surface area (Å²) in [5.74, 6) is -0.149. The highest BCUT2D eigenvalue weighted by molar-refractivity contribution is 6.06. The van der Waals surface area contributed by atoms with Crippen LogP contribution >= 0.6 is 0 Å². The Morgan fingerprint density at radius 3 is 1.75 bits per heavy atom. The lowest BCUT2D eigenvalue weighted by atomic mass is 10.1. The summed E-state index contributed by atoms with van der Waals surface area (Å²) in [4.78, 5) is 28.9. The number of benzene rings is 3. The van der Waals surface area contributed by atoms with E-state index in [0.29, 0.717) is 24.2 Å². The molecule has 0 atom stereocenters. The molecule has 0 saturated carbocycles. The van der Waals surface area contributed by atoms with Crippen molar-refractivity contribution >= 4 is 17.5 Å². The molecule has 0 aromatic heterocycles. The smallest absolute Gasteiger partial charge is 0.258 e. The van der Waals surface area contributed by atoms with E-state index in [4.69, 9.17) is 0 Å². The van der Waals surface area contributed by atoms with Crippen LogP contribution < -0.4 is 4.90 Å². The zero-order valence-corrected chi connectivity index (χ0v) is 16.2. The average molecular weight is 372 g/mol. The van der Waals surface area contributed by atoms with E-state index in [9.17, 15) is 9.59 Å². The second-order valence-corrected chi connectivity index (χ2v) is 6.58. The van der Waals surface area contributed by atoms with Gasteiger partial charge in [-0.05, 0) is 48.9 Å². The number of hydrogen-bond donors (Lipinski definition) is 0. The second kappa shape index (κ2) is 9.00. The first kappa shape index (κ1) is 19.4. The van der Waals surface area contributed by atoms with Gasteiger partial charge in [0.25, 0.3) is 11.8 Å². The van der Waals surface area contributed by atoms with Crippen molar-refractivity contribution in [3.8, 4) is 0 Å². The summed E-state index contributed by atoms with van der Waals surface area (Å²) in [7, 11) is 1.75. The normalized spacial score (nSPS) is 10.4. The van der Waals surface area contributed by atoms with Crippen molar-refractivity contribution < 1.29 is 9.59 Å². The third-order valence-electron chi connectivity index (χ3n) is 4.71. The van der Waals surface area contributed by atoms with Crippen molar-refractivity contribution in [1.29, 1.82) is 0 Å². The van der Waals surface area contributed by atoms with Crippen molar-refractivity contribution in [2.45, 2.75) is 13.5 Å². The summed E-state index contributed by atoms with van der Waals surface area (Å²) >= 11 is 0. The Bertz CT molecular complexity index is 922. The van der Waals surface area contributed by atoms with E-state index in [2.05, 4.69) is 0 Å². The van der Waals surface area contributed by atoms with Crippen LogP contribution in [0.25, 0.3) is 0 Å². The topological polar surface area (TPSA) is 40.6 Å². The molecule has 0 unspecified atom stereocenters. The molecule has 0 fully saturated rings. The van der Waals surface area contributed by atoms with Gasteiger partial charge < -0.3 is 9.80 Å². The summed E-state index contributed by atoms with van der Waals surface area (Å²) < 4.78 is 0. The van der Waals surface area contributed by atoms with Crippen LogP contribution in [0.15, 0.2) is 84.9 Å². The van der Waals surface area contributed by atoms with Gasteiger partial charge in [-0.25, -0.2) is 0 Å². The van der Waals surface area contributed by atoms with E-state index in [0.717, 1.165) is 11.3 Å². The van der Waals surface area contributed by atoms with Gasteiger partial charge >= 0.3 is 0 Å². The molecule has 0 aliphatic heterocycles. The highest BCUT2D eigenvalue weighted by atomic mass is 16.2. The number of anilines is 1. The lowest BCUT2D eigenvalue weighted by Gasteiger charge is -2.21. The lowest BCUT2D eigenvalue weighted by Crippen LogP contribution is -2.30. The fraction of sp³-hybridized carbons (Fsp3) is 0.167. The van der Waals surface area contributed by atoms with Crippen LogP contribution in [-0.2, 0) is 6.54 Å². The predicted octanol–water partition coefficient (Wildman–Crippen LogP) is 4.63. The maximum absolute atomic E-state index is 12.8. The third kappa shape index (κ3) is 4.46. The molecule has 142 valence electrons. The summed E-state index contributed by atoms with van der Waals surface area (Å²) in [6, 6.07) is 26.3. The minimum Gasteiger partial charge on any atom is -0.335 e. The first-order valence-corrected chi connectivity index (χ1v) is 9.36. The van der Waals surface area contributed by atoms with E-state index in [1.807, 2.05) is 67.6 Å². The van der Waals surface area contributed by atoms with E-state index < -0.39 is 0 Å². The monoisotopic (exact) mass is 372 g/mol. The molecule has 28 heavy (non-hydrogen) atoms. The van der Waals surface area contributed by atoms with Crippen molar-refractivity contribution in [2.24, 2.45) is 0 Å². The minimum absolute atomic E-state index is 0.0400. The van der Waals surface area contributed by atoms with Crippen molar-refractivity contribution in [3.63, 3.8) is 0 Å². The van der Waals surface area contributed by atoms with E-state index in [1.54, 1.807) is 41.1 Å². The predicted molar refractivity (Wildman–Crippen MR) is 112 cm³/mol. The van der Waals surface area contributed by atoms with Gasteiger partial charge in [0, 0.05) is 37.0 Å². The van der Waals surface area contributed by atoms with Crippen LogP contribution in [-0.4, -0.2) is 30.3 Å². The summed E-state index contributed by atoms with van der Waals surface area (Å²) in [5, 5.41) is 0. The number of carbonyl (C=O) groups excluding carboxylic acids is 2. The third-order valence-corrected chi connectivity index (χ3v) is 4.71. The van der Waals surface area contributed by atoms with Crippen LogP contribution in [0.3, 0.4) is 0 Å². The fourth-order valence-electron chi connectivity index (χ4n) is 3.03. The largest absolute Gasteiger partial charge is 0.335 e. The first-order chi connectivity index (χ1) is 13.6. The zero-order chi connectivity index (χ0) is 19.9. The summed E-state index contributed by atoms with van der Waals surface area (Å²) in [6.07, 6.45) is 0. The van der Waals surface area contributed by atoms with Crippen LogP contribution in [0.1, 0.15) is 33.2 Å². The van der Waals surface area contributed by atoms with Gasteiger partial charge in [0.1, 0.15) is 0 Å². The lowest BCUT2D eigenvalue weighted by molar-refractivity contribution is 0.0752. The second-order valence-electron chi connectivity index (χ2n) is 6.58. The van der Waals surface area contributed by atoms with Gasteiger partial charge in [0.05, 0.1) is 0 Å². The van der Waals surface area contributed by atoms with Gasteiger partial charge in [-0.1, -0.05) is 48.5 Å². The SMILES string of the molecule is CCN(Cc1ccccc1)C(=O)c1ccc(C(=O)N(C)c2ccccc2)cc1. The molecule has 4 nitrogen and oxygen atoms in total. The van der Waals surface area contributed by atoms with Gasteiger partial charge in [-0.3, -0.25) is 9.59 Å². The van der Waals surface area contributed by atoms with Crippen LogP contribution in [0, 0.1) is 0 Å². The van der Waals surface area contributed by atoms with Gasteiger partial charge in [0.2, 0.25) is 0 Å². The highest BCUT2D eigenvalue weighted by Gasteiger charge is 2.17. The molecule has 0 spiro atoms. The van der Waals surface area contributed by atoms with Gasteiger partial charge in [-0.15, -0.1) is 0 Å². The molecule has 3 aromatic rings. The fourth-order valence-corrected chi connectivity index (χ4v) is 3.03. The maximum Gasteiger partial charge on any atom is 0.258 e. The Morgan fingerprint density at radius 2 is 1.21 bits per heavy atom. The first-order valence-electron chi connectivity index (χ1n) is 9.36. The highest BCUT2D eigenvalue weighted by Crippen LogP contribution is 2.16. The molecule has 2 amide bonds. The number of rotatable bonds is 6. The molecule has 0 aliphatic carbocycles. The Hall–Kier alpha value is -3.40. The Balaban J connectivity index is 1.72. The van der Waals surface area contributed by atoms with Gasteiger partial charge in [-0.2, -0.15) is 0 Å². The molecule has 0 bridgehead atoms. The quantitative estimate of drug-likeness (QED) is 0.633. The van der Waals surface area contributed by atoms with Crippen LogP contribution in [0.2, 0.25) is 0 Å². The van der Waals surface area contributed by atoms with E-state index in [1.165, 1.54) is 0 Å². The van der Waals surface area contributed by atoms with E-state index in [-0.39, 0.29) is 11.8 Å². The molecule has 0 saturated heterocycles. The molecule has 0 heterocycles. The van der Waals surface area contributed by atoms with E-state index >= 15 is 0 Å². The Labute approximate surface area is 166 Å². The molecule has 0 radical (unpaired) electrons. The van der Waals surface area contributed by atoms with Crippen molar-refractivity contribution in [2.75, 3.05) is 18.5 Å². The number of amides is 2. The summed E-state index contributed by atoms with van der Waals surface area (Å²) in [5.41, 5.74) is 3.05. The zero-order valence-electron chi connectivity index (χ0n) is 16.2. The number of hydrogen-bond acceptors (Lipinski definition) is 2. The van der Waals surface area contributed by atoms with Crippen molar-refractivity contribution in [1.82, 2.24) is 4.90 Å². The standard InChI is InChI=1S/C24H24N2O2/c1-3-26(18-19-10-6-4-7-11-19)24(28)21-16-14-20(15-17-21)23(27)25(2)22-12-8-5-9-13-22/h4-17H,3,18H2,1-2H3. The number of carbonyl (C=O) groups is 2.